The molecule has 1 aromatic rings. The summed E-state index contributed by atoms with van der Waals surface area (Å²) in [6, 6.07) is -1.94. The molecule has 20 nitrogen and oxygen atoms in total. The molecule has 3 aliphatic heterocycles. The number of amides is 2. The van der Waals surface area contributed by atoms with Crippen molar-refractivity contribution in [3.05, 3.63) is 33.1 Å². The summed E-state index contributed by atoms with van der Waals surface area (Å²) < 4.78 is 24.2. The van der Waals surface area contributed by atoms with E-state index in [9.17, 15) is 60.0 Å². The third-order valence-electron chi connectivity index (χ3n) is 10.7. The van der Waals surface area contributed by atoms with Gasteiger partial charge in [-0.15, -0.1) is 0 Å². The Balaban J connectivity index is 1.46. The monoisotopic (exact) mass is 818 g/mol. The first-order valence-corrected chi connectivity index (χ1v) is 19.9. The molecule has 0 radical (unpaired) electrons. The van der Waals surface area contributed by atoms with Gasteiger partial charge in [-0.25, -0.2) is 4.79 Å². The van der Waals surface area contributed by atoms with E-state index < -0.39 is 128 Å². The highest BCUT2D eigenvalue weighted by molar-refractivity contribution is 5.76. The van der Waals surface area contributed by atoms with Gasteiger partial charge in [0.2, 0.25) is 11.8 Å². The van der Waals surface area contributed by atoms with E-state index in [2.05, 4.69) is 24.5 Å². The van der Waals surface area contributed by atoms with Crippen molar-refractivity contribution in [1.29, 1.82) is 0 Å². The molecule has 15 atom stereocenters. The number of H-pyrrole nitrogens is 1. The summed E-state index contributed by atoms with van der Waals surface area (Å²) in [5.41, 5.74) is -1.68. The maximum absolute atomic E-state index is 13.2. The van der Waals surface area contributed by atoms with Crippen molar-refractivity contribution in [3.8, 4) is 0 Å². The van der Waals surface area contributed by atoms with Crippen LogP contribution in [0, 0.1) is 5.92 Å². The van der Waals surface area contributed by atoms with Gasteiger partial charge in [-0.3, -0.25) is 23.9 Å². The van der Waals surface area contributed by atoms with Crippen LogP contribution >= 0.6 is 0 Å². The molecule has 20 heteroatoms. The molecule has 4 rings (SSSR count). The Morgan fingerprint density at radius 2 is 1.35 bits per heavy atom. The third-order valence-corrected chi connectivity index (χ3v) is 10.7. The molecule has 1 aromatic heterocycles. The van der Waals surface area contributed by atoms with Crippen LogP contribution in [0.1, 0.15) is 97.6 Å². The molecule has 2 amide bonds. The number of hydrogen-bond donors (Lipinski definition) is 11. The minimum absolute atomic E-state index is 0.0628. The lowest BCUT2D eigenvalue weighted by molar-refractivity contribution is -0.347. The van der Waals surface area contributed by atoms with Crippen LogP contribution in [0.3, 0.4) is 0 Å². The first kappa shape index (κ1) is 46.8. The van der Waals surface area contributed by atoms with Gasteiger partial charge >= 0.3 is 5.69 Å². The summed E-state index contributed by atoms with van der Waals surface area (Å²) in [5, 5.41) is 91.5. The average molecular weight is 819 g/mol. The smallest absolute Gasteiger partial charge is 0.330 e. The highest BCUT2D eigenvalue weighted by Gasteiger charge is 2.53. The standard InChI is InChI=1S/C37H62N4O16/c1-18(2)12-10-8-6-4-5-7-9-11-13-23(45)39-26-30(50)27(47)21(54-36(26)57-35-25(38-19(3)43)29(49)28(48)22(17-42)55-35)16-20(44)33-31(51)32(52)34(56-33)41-15-14-24(46)40-37(41)53/h14-15,18,20-22,25-36,42,44,47-52H,4-13,16-17H2,1-3H3,(H,38,43)(H,39,45)(H,40,46,53)/t20?,21?,22-,25-,26-,27+,28-,29-,30-,31+,32-,33-,34-,35?,36+/m1/s1. The van der Waals surface area contributed by atoms with E-state index in [-0.39, 0.29) is 6.42 Å². The van der Waals surface area contributed by atoms with Crippen molar-refractivity contribution in [2.75, 3.05) is 6.61 Å². The second kappa shape index (κ2) is 21.9. The minimum Gasteiger partial charge on any atom is -0.394 e. The molecule has 0 spiro atoms. The number of hydrogen-bond acceptors (Lipinski definition) is 16. The van der Waals surface area contributed by atoms with Crippen molar-refractivity contribution >= 4 is 11.8 Å². The zero-order valence-electron chi connectivity index (χ0n) is 32.7. The lowest BCUT2D eigenvalue weighted by Gasteiger charge is -2.47. The largest absolute Gasteiger partial charge is 0.394 e. The fourth-order valence-corrected chi connectivity index (χ4v) is 7.50. The molecule has 4 heterocycles. The summed E-state index contributed by atoms with van der Waals surface area (Å²) >= 11 is 0. The topological polar surface area (TPSA) is 312 Å². The summed E-state index contributed by atoms with van der Waals surface area (Å²) in [5.74, 6) is -0.466. The zero-order valence-corrected chi connectivity index (χ0v) is 32.7. The predicted octanol–water partition coefficient (Wildman–Crippen LogP) is -2.64. The number of carbonyl (C=O) groups excluding carboxylic acids is 2. The Labute approximate surface area is 330 Å². The van der Waals surface area contributed by atoms with E-state index in [0.29, 0.717) is 12.3 Å². The van der Waals surface area contributed by atoms with Gasteiger partial charge in [0.1, 0.15) is 60.9 Å². The van der Waals surface area contributed by atoms with E-state index in [1.54, 1.807) is 0 Å². The second-order valence-corrected chi connectivity index (χ2v) is 15.7. The van der Waals surface area contributed by atoms with Crippen LogP contribution in [0.2, 0.25) is 0 Å². The SMILES string of the molecule is CC(=O)N[C@H]1C(O[C@@H]2OC(CC(O)[C@H]3O[C@@H](n4ccc(=O)[nH]c4=O)[C@H](O)[C@@H]3O)[C@H](O)[C@H](O)[C@H]2NC(=O)CCCCCCCCCCC(C)C)O[C@H](CO)[C@@H](O)[C@@H]1O. The van der Waals surface area contributed by atoms with Crippen LogP contribution in [0.5, 0.6) is 0 Å². The molecule has 57 heavy (non-hydrogen) atoms. The van der Waals surface area contributed by atoms with Crippen molar-refractivity contribution in [3.63, 3.8) is 0 Å². The van der Waals surface area contributed by atoms with E-state index in [4.69, 9.17) is 18.9 Å². The van der Waals surface area contributed by atoms with E-state index in [1.807, 2.05) is 4.98 Å². The van der Waals surface area contributed by atoms with E-state index >= 15 is 0 Å². The lowest BCUT2D eigenvalue weighted by Crippen LogP contribution is -2.69. The molecular weight excluding hydrogens is 756 g/mol. The van der Waals surface area contributed by atoms with Gasteiger partial charge in [0, 0.05) is 32.0 Å². The predicted molar refractivity (Wildman–Crippen MR) is 198 cm³/mol. The van der Waals surface area contributed by atoms with Gasteiger partial charge in [0.15, 0.2) is 18.8 Å². The van der Waals surface area contributed by atoms with Gasteiger partial charge in [-0.2, -0.15) is 0 Å². The molecule has 3 fully saturated rings. The van der Waals surface area contributed by atoms with Crippen molar-refractivity contribution in [1.82, 2.24) is 20.2 Å². The lowest BCUT2D eigenvalue weighted by atomic mass is 9.91. The van der Waals surface area contributed by atoms with Crippen LogP contribution in [-0.2, 0) is 28.5 Å². The molecule has 3 saturated heterocycles. The maximum Gasteiger partial charge on any atom is 0.330 e. The quantitative estimate of drug-likeness (QED) is 0.0599. The molecular formula is C37H62N4O16. The fraction of sp³-hybridized carbons (Fsp3) is 0.838. The van der Waals surface area contributed by atoms with Gasteiger partial charge in [-0.05, 0) is 12.3 Å². The number of nitrogens with one attached hydrogen (secondary N) is 3. The molecule has 3 aliphatic rings. The third kappa shape index (κ3) is 12.6. The maximum atomic E-state index is 13.2. The molecule has 0 aliphatic carbocycles. The Morgan fingerprint density at radius 1 is 0.789 bits per heavy atom. The Morgan fingerprint density at radius 3 is 1.93 bits per heavy atom. The average Bonchev–Trinajstić information content (AvgIpc) is 3.45. The van der Waals surface area contributed by atoms with E-state index in [0.717, 1.165) is 55.9 Å². The van der Waals surface area contributed by atoms with Gasteiger partial charge < -0.3 is 70.4 Å². The number of carbonyl (C=O) groups is 2. The number of rotatable bonds is 20. The molecule has 3 unspecified atom stereocenters. The van der Waals surface area contributed by atoms with Crippen LogP contribution in [0.4, 0.5) is 0 Å². The van der Waals surface area contributed by atoms with Crippen LogP contribution in [0.25, 0.3) is 0 Å². The number of unbranched alkanes of at least 4 members (excludes halogenated alkanes) is 7. The van der Waals surface area contributed by atoms with Crippen molar-refractivity contribution in [2.24, 2.45) is 5.92 Å². The number of aromatic amines is 1. The summed E-state index contributed by atoms with van der Waals surface area (Å²) in [6.45, 7) is 4.79. The molecule has 0 saturated carbocycles. The van der Waals surface area contributed by atoms with Gasteiger partial charge in [0.25, 0.3) is 5.56 Å². The highest BCUT2D eigenvalue weighted by Crippen LogP contribution is 2.34. The number of ether oxygens (including phenoxy) is 4. The minimum atomic E-state index is -1.82. The Kier molecular flexibility index (Phi) is 18.0. The number of aliphatic hydroxyl groups excluding tert-OH is 8. The normalized spacial score (nSPS) is 34.9. The Hall–Kier alpha value is -2.86. The fourth-order valence-electron chi connectivity index (χ4n) is 7.50. The highest BCUT2D eigenvalue weighted by atomic mass is 16.8. The van der Waals surface area contributed by atoms with Crippen molar-refractivity contribution in [2.45, 2.75) is 183 Å². The number of aromatic nitrogens is 2. The first-order chi connectivity index (χ1) is 27.0. The summed E-state index contributed by atoms with van der Waals surface area (Å²) in [7, 11) is 0. The molecule has 326 valence electrons. The first-order valence-electron chi connectivity index (χ1n) is 19.9. The number of aliphatic hydroxyl groups is 8. The van der Waals surface area contributed by atoms with Gasteiger partial charge in [0.05, 0.1) is 18.8 Å². The summed E-state index contributed by atoms with van der Waals surface area (Å²) in [4.78, 5) is 51.1. The van der Waals surface area contributed by atoms with Crippen molar-refractivity contribution < 1.29 is 69.4 Å². The number of nitrogens with zero attached hydrogens (tertiary/aromatic N) is 1. The molecule has 0 bridgehead atoms. The molecule has 0 aromatic carbocycles. The summed E-state index contributed by atoms with van der Waals surface area (Å²) in [6.07, 6.45) is -11.9. The van der Waals surface area contributed by atoms with E-state index in [1.165, 1.54) is 19.3 Å². The second-order valence-electron chi connectivity index (χ2n) is 15.7. The Bertz CT molecular complexity index is 1530. The molecule has 11 N–H and O–H groups in total. The van der Waals surface area contributed by atoms with Gasteiger partial charge in [-0.1, -0.05) is 65.2 Å². The van der Waals surface area contributed by atoms with Crippen LogP contribution < -0.4 is 21.9 Å². The van der Waals surface area contributed by atoms with Crippen LogP contribution in [0.15, 0.2) is 21.9 Å². The zero-order chi connectivity index (χ0) is 42.0. The van der Waals surface area contributed by atoms with Crippen LogP contribution in [-0.4, -0.2) is 155 Å².